The Morgan fingerprint density at radius 1 is 1.40 bits per heavy atom. The summed E-state index contributed by atoms with van der Waals surface area (Å²) in [7, 11) is 0. The number of anilines is 1. The van der Waals surface area contributed by atoms with Crippen molar-refractivity contribution in [3.63, 3.8) is 0 Å². The fourth-order valence-corrected chi connectivity index (χ4v) is 1.76. The average molecular weight is 273 g/mol. The SMILES string of the molecule is CC(=O)C(O)c1c[nH]c(=O)nc1NCc1ccccc1. The van der Waals surface area contributed by atoms with E-state index in [1.807, 2.05) is 30.3 Å². The lowest BCUT2D eigenvalue weighted by atomic mass is 10.1. The molecule has 0 bridgehead atoms. The number of aromatic amines is 1. The number of nitrogens with zero attached hydrogens (tertiary/aromatic N) is 1. The lowest BCUT2D eigenvalue weighted by Crippen LogP contribution is -2.19. The minimum Gasteiger partial charge on any atom is -0.380 e. The molecule has 1 aromatic carbocycles. The Morgan fingerprint density at radius 3 is 2.75 bits per heavy atom. The predicted octanol–water partition coefficient (Wildman–Crippen LogP) is 1.00. The topological polar surface area (TPSA) is 95.1 Å². The number of hydrogen-bond acceptors (Lipinski definition) is 5. The number of carbonyl (C=O) groups is 1. The zero-order valence-electron chi connectivity index (χ0n) is 11.0. The Hall–Kier alpha value is -2.47. The van der Waals surface area contributed by atoms with Crippen LogP contribution >= 0.6 is 0 Å². The van der Waals surface area contributed by atoms with E-state index in [-0.39, 0.29) is 11.4 Å². The first-order chi connectivity index (χ1) is 9.58. The molecule has 6 heteroatoms. The van der Waals surface area contributed by atoms with Crippen molar-refractivity contribution in [2.45, 2.75) is 19.6 Å². The molecule has 1 heterocycles. The molecule has 20 heavy (non-hydrogen) atoms. The number of rotatable bonds is 5. The van der Waals surface area contributed by atoms with E-state index in [9.17, 15) is 14.7 Å². The predicted molar refractivity (Wildman–Crippen MR) is 74.3 cm³/mol. The Bertz CT molecular complexity index is 652. The first-order valence-corrected chi connectivity index (χ1v) is 6.14. The van der Waals surface area contributed by atoms with Crippen molar-refractivity contribution in [1.29, 1.82) is 0 Å². The van der Waals surface area contributed by atoms with Crippen molar-refractivity contribution in [1.82, 2.24) is 9.97 Å². The summed E-state index contributed by atoms with van der Waals surface area (Å²) in [5.74, 6) is -0.207. The highest BCUT2D eigenvalue weighted by Crippen LogP contribution is 2.19. The Labute approximate surface area is 115 Å². The lowest BCUT2D eigenvalue weighted by molar-refractivity contribution is -0.125. The van der Waals surface area contributed by atoms with Gasteiger partial charge in [0.1, 0.15) is 11.9 Å². The molecule has 0 saturated carbocycles. The van der Waals surface area contributed by atoms with Crippen LogP contribution in [-0.2, 0) is 11.3 Å². The van der Waals surface area contributed by atoms with Crippen LogP contribution in [0, 0.1) is 0 Å². The van der Waals surface area contributed by atoms with Gasteiger partial charge in [-0.2, -0.15) is 4.98 Å². The third-order valence-electron chi connectivity index (χ3n) is 2.82. The van der Waals surface area contributed by atoms with E-state index in [0.717, 1.165) is 5.56 Å². The van der Waals surface area contributed by atoms with E-state index in [1.165, 1.54) is 13.1 Å². The second kappa shape index (κ2) is 6.12. The van der Waals surface area contributed by atoms with Crippen LogP contribution in [0.5, 0.6) is 0 Å². The van der Waals surface area contributed by atoms with Gasteiger partial charge < -0.3 is 15.4 Å². The summed E-state index contributed by atoms with van der Waals surface area (Å²) in [6.07, 6.45) is -0.00743. The molecule has 0 fully saturated rings. The molecule has 0 radical (unpaired) electrons. The minimum atomic E-state index is -1.31. The first kappa shape index (κ1) is 14.0. The van der Waals surface area contributed by atoms with Gasteiger partial charge >= 0.3 is 5.69 Å². The van der Waals surface area contributed by atoms with E-state index in [0.29, 0.717) is 6.54 Å². The molecule has 0 aliphatic heterocycles. The zero-order chi connectivity index (χ0) is 14.5. The molecule has 2 rings (SSSR count). The lowest BCUT2D eigenvalue weighted by Gasteiger charge is -2.13. The van der Waals surface area contributed by atoms with Crippen molar-refractivity contribution < 1.29 is 9.90 Å². The van der Waals surface area contributed by atoms with Gasteiger partial charge in [0.05, 0.1) is 0 Å². The minimum absolute atomic E-state index is 0.209. The van der Waals surface area contributed by atoms with Gasteiger partial charge in [-0.05, 0) is 12.5 Å². The normalized spacial score (nSPS) is 11.9. The monoisotopic (exact) mass is 273 g/mol. The molecule has 1 unspecified atom stereocenters. The maximum atomic E-state index is 11.3. The molecule has 6 nitrogen and oxygen atoms in total. The van der Waals surface area contributed by atoms with Gasteiger partial charge in [0.25, 0.3) is 0 Å². The number of aromatic nitrogens is 2. The van der Waals surface area contributed by atoms with Crippen molar-refractivity contribution in [2.75, 3.05) is 5.32 Å². The number of carbonyl (C=O) groups excluding carboxylic acids is 1. The van der Waals surface area contributed by atoms with Crippen LogP contribution < -0.4 is 11.0 Å². The number of Topliss-reactive ketones (excluding diaryl/α,β-unsaturated/α-hetero) is 1. The average Bonchev–Trinajstić information content (AvgIpc) is 2.45. The van der Waals surface area contributed by atoms with Gasteiger partial charge in [0.2, 0.25) is 0 Å². The molecule has 0 spiro atoms. The number of aliphatic hydroxyl groups is 1. The molecule has 104 valence electrons. The molecule has 0 amide bonds. The highest BCUT2D eigenvalue weighted by atomic mass is 16.3. The van der Waals surface area contributed by atoms with E-state index in [2.05, 4.69) is 15.3 Å². The number of ketones is 1. The van der Waals surface area contributed by atoms with Crippen LogP contribution in [0.15, 0.2) is 41.3 Å². The Morgan fingerprint density at radius 2 is 2.10 bits per heavy atom. The van der Waals surface area contributed by atoms with E-state index in [1.54, 1.807) is 0 Å². The molecule has 1 atom stereocenters. The van der Waals surface area contributed by atoms with Gasteiger partial charge in [0.15, 0.2) is 5.78 Å². The molecule has 3 N–H and O–H groups in total. The summed E-state index contributed by atoms with van der Waals surface area (Å²) in [6, 6.07) is 9.53. The highest BCUT2D eigenvalue weighted by Gasteiger charge is 2.18. The molecular formula is C14H15N3O3. The molecule has 0 saturated heterocycles. The standard InChI is InChI=1S/C14H15N3O3/c1-9(18)12(19)11-8-16-14(20)17-13(11)15-7-10-5-3-2-4-6-10/h2-6,8,12,19H,7H2,1H3,(H2,15,16,17,20). The largest absolute Gasteiger partial charge is 0.380 e. The van der Waals surface area contributed by atoms with Crippen LogP contribution in [0.25, 0.3) is 0 Å². The van der Waals surface area contributed by atoms with Gasteiger partial charge in [-0.1, -0.05) is 30.3 Å². The summed E-state index contributed by atoms with van der Waals surface area (Å²) in [5.41, 5.74) is 0.714. The third-order valence-corrected chi connectivity index (χ3v) is 2.82. The van der Waals surface area contributed by atoms with Gasteiger partial charge in [-0.15, -0.1) is 0 Å². The summed E-state index contributed by atoms with van der Waals surface area (Å²) in [5, 5.41) is 12.8. The van der Waals surface area contributed by atoms with Crippen molar-refractivity contribution in [3.8, 4) is 0 Å². The number of nitrogens with one attached hydrogen (secondary N) is 2. The second-order valence-electron chi connectivity index (χ2n) is 4.36. The zero-order valence-corrected chi connectivity index (χ0v) is 11.0. The molecule has 0 aliphatic carbocycles. The van der Waals surface area contributed by atoms with Crippen LogP contribution in [0.2, 0.25) is 0 Å². The summed E-state index contributed by atoms with van der Waals surface area (Å²) < 4.78 is 0. The fraction of sp³-hybridized carbons (Fsp3) is 0.214. The van der Waals surface area contributed by atoms with Gasteiger partial charge in [-0.25, -0.2) is 4.79 Å². The number of H-pyrrole nitrogens is 1. The number of aliphatic hydroxyl groups excluding tert-OH is 1. The number of hydrogen-bond donors (Lipinski definition) is 3. The molecule has 1 aromatic heterocycles. The van der Waals surface area contributed by atoms with Crippen LogP contribution in [0.1, 0.15) is 24.2 Å². The van der Waals surface area contributed by atoms with Crippen LogP contribution in [-0.4, -0.2) is 20.9 Å². The van der Waals surface area contributed by atoms with Gasteiger partial charge in [-0.3, -0.25) is 4.79 Å². The number of benzene rings is 1. The van der Waals surface area contributed by atoms with Crippen molar-refractivity contribution >= 4 is 11.6 Å². The summed E-state index contributed by atoms with van der Waals surface area (Å²) in [4.78, 5) is 28.6. The molecule has 2 aromatic rings. The Kier molecular flexibility index (Phi) is 4.27. The fourth-order valence-electron chi connectivity index (χ4n) is 1.76. The van der Waals surface area contributed by atoms with E-state index >= 15 is 0 Å². The van der Waals surface area contributed by atoms with E-state index < -0.39 is 17.6 Å². The van der Waals surface area contributed by atoms with Gasteiger partial charge in [0, 0.05) is 18.3 Å². The maximum Gasteiger partial charge on any atom is 0.346 e. The molecule has 0 aliphatic rings. The first-order valence-electron chi connectivity index (χ1n) is 6.14. The second-order valence-corrected chi connectivity index (χ2v) is 4.36. The van der Waals surface area contributed by atoms with Crippen molar-refractivity contribution in [2.24, 2.45) is 0 Å². The Balaban J connectivity index is 2.24. The third kappa shape index (κ3) is 3.30. The van der Waals surface area contributed by atoms with Crippen LogP contribution in [0.4, 0.5) is 5.82 Å². The summed E-state index contributed by atoms with van der Waals surface area (Å²) >= 11 is 0. The van der Waals surface area contributed by atoms with E-state index in [4.69, 9.17) is 0 Å². The quantitative estimate of drug-likeness (QED) is 0.755. The molecular weight excluding hydrogens is 258 g/mol. The highest BCUT2D eigenvalue weighted by molar-refractivity contribution is 5.82. The maximum absolute atomic E-state index is 11.3. The summed E-state index contributed by atoms with van der Waals surface area (Å²) in [6.45, 7) is 1.71. The van der Waals surface area contributed by atoms with Crippen LogP contribution in [0.3, 0.4) is 0 Å². The smallest absolute Gasteiger partial charge is 0.346 e. The van der Waals surface area contributed by atoms with Crippen molar-refractivity contribution in [3.05, 3.63) is 58.1 Å².